The second-order valence-corrected chi connectivity index (χ2v) is 10.8. The lowest BCUT2D eigenvalue weighted by atomic mass is 9.80. The molecule has 1 N–H and O–H groups in total. The number of carbonyl (C=O) groups is 1. The summed E-state index contributed by atoms with van der Waals surface area (Å²) >= 11 is 0. The van der Waals surface area contributed by atoms with E-state index in [0.29, 0.717) is 19.4 Å². The van der Waals surface area contributed by atoms with Crippen LogP contribution < -0.4 is 0 Å². The normalized spacial score (nSPS) is 16.3. The van der Waals surface area contributed by atoms with Crippen molar-refractivity contribution in [1.29, 1.82) is 0 Å². The second kappa shape index (κ2) is 13.4. The van der Waals surface area contributed by atoms with E-state index >= 15 is 0 Å². The summed E-state index contributed by atoms with van der Waals surface area (Å²) in [5.41, 5.74) is 1.79. The van der Waals surface area contributed by atoms with Crippen LogP contribution >= 0.6 is 0 Å². The molecular weight excluding hydrogens is 498 g/mol. The molecule has 0 aromatic heterocycles. The minimum atomic E-state index is -0.774. The van der Waals surface area contributed by atoms with Crippen molar-refractivity contribution in [2.45, 2.75) is 57.0 Å². The highest BCUT2D eigenvalue weighted by Crippen LogP contribution is 2.40. The third-order valence-electron chi connectivity index (χ3n) is 6.64. The summed E-state index contributed by atoms with van der Waals surface area (Å²) < 4.78 is 12.3. The van der Waals surface area contributed by atoms with E-state index in [0.717, 1.165) is 16.7 Å². The fraction of sp³-hybridized carbons (Fsp3) is 0.286. The molecule has 1 aliphatic rings. The van der Waals surface area contributed by atoms with Crippen LogP contribution in [0.2, 0.25) is 0 Å². The number of ether oxygens (including phenoxy) is 2. The largest absolute Gasteiger partial charge is 0.443 e. The predicted octanol–water partition coefficient (Wildman–Crippen LogP) is 7.38. The van der Waals surface area contributed by atoms with Crippen molar-refractivity contribution in [3.05, 3.63) is 144 Å². The van der Waals surface area contributed by atoms with Crippen molar-refractivity contribution >= 4 is 6.09 Å². The quantitative estimate of drug-likeness (QED) is 0.167. The van der Waals surface area contributed by atoms with E-state index in [1.54, 1.807) is 18.4 Å². The smallest absolute Gasteiger partial charge is 0.414 e. The summed E-state index contributed by atoms with van der Waals surface area (Å²) in [5, 5.41) is 10.8. The lowest BCUT2D eigenvalue weighted by Gasteiger charge is -2.36. The molecular formula is C35H39NO4. The van der Waals surface area contributed by atoms with Crippen LogP contribution in [0.1, 0.15) is 50.3 Å². The van der Waals surface area contributed by atoms with Gasteiger partial charge in [0.15, 0.2) is 0 Å². The molecule has 40 heavy (non-hydrogen) atoms. The SMILES string of the molecule is CC(C)(C)OC(=O)N1C=CC=C[C@@H]1C[C@@H](O)/C=C/CCOC(c1ccccc1)(c1ccccc1)c1ccccc1. The van der Waals surface area contributed by atoms with Gasteiger partial charge in [-0.1, -0.05) is 115 Å². The maximum atomic E-state index is 12.7. The molecule has 208 valence electrons. The molecule has 0 bridgehead atoms. The van der Waals surface area contributed by atoms with E-state index in [1.807, 2.05) is 93.6 Å². The van der Waals surface area contributed by atoms with Crippen LogP contribution in [0.5, 0.6) is 0 Å². The number of allylic oxidation sites excluding steroid dienone is 2. The minimum absolute atomic E-state index is 0.294. The van der Waals surface area contributed by atoms with Gasteiger partial charge in [-0.3, -0.25) is 4.90 Å². The molecule has 0 radical (unpaired) electrons. The molecule has 3 aromatic carbocycles. The fourth-order valence-electron chi connectivity index (χ4n) is 4.87. The van der Waals surface area contributed by atoms with Crippen molar-refractivity contribution in [2.24, 2.45) is 0 Å². The lowest BCUT2D eigenvalue weighted by Crippen LogP contribution is -2.41. The Balaban J connectivity index is 1.45. The summed E-state index contributed by atoms with van der Waals surface area (Å²) in [7, 11) is 0. The summed E-state index contributed by atoms with van der Waals surface area (Å²) in [6.07, 6.45) is 10.8. The molecule has 0 unspecified atom stereocenters. The number of hydrogen-bond donors (Lipinski definition) is 1. The molecule has 1 heterocycles. The molecule has 1 aliphatic heterocycles. The fourth-order valence-corrected chi connectivity index (χ4v) is 4.87. The van der Waals surface area contributed by atoms with Gasteiger partial charge in [0.1, 0.15) is 11.2 Å². The van der Waals surface area contributed by atoms with Gasteiger partial charge in [-0.15, -0.1) is 0 Å². The Morgan fingerprint density at radius 2 is 1.40 bits per heavy atom. The number of aliphatic hydroxyl groups is 1. The highest BCUT2D eigenvalue weighted by atomic mass is 16.6. The predicted molar refractivity (Wildman–Crippen MR) is 160 cm³/mol. The average Bonchev–Trinajstić information content (AvgIpc) is 2.96. The van der Waals surface area contributed by atoms with Crippen molar-refractivity contribution in [2.75, 3.05) is 6.61 Å². The van der Waals surface area contributed by atoms with Gasteiger partial charge < -0.3 is 14.6 Å². The van der Waals surface area contributed by atoms with Gasteiger partial charge >= 0.3 is 6.09 Å². The van der Waals surface area contributed by atoms with Gasteiger partial charge in [0.05, 0.1) is 18.8 Å². The monoisotopic (exact) mass is 537 g/mol. The van der Waals surface area contributed by atoms with E-state index < -0.39 is 23.4 Å². The molecule has 0 fully saturated rings. The molecule has 5 nitrogen and oxygen atoms in total. The number of aliphatic hydroxyl groups excluding tert-OH is 1. The van der Waals surface area contributed by atoms with Crippen LogP contribution in [0, 0.1) is 0 Å². The summed E-state index contributed by atoms with van der Waals surface area (Å²) in [4.78, 5) is 14.2. The topological polar surface area (TPSA) is 59.0 Å². The first-order valence-electron chi connectivity index (χ1n) is 13.8. The third-order valence-corrected chi connectivity index (χ3v) is 6.64. The van der Waals surface area contributed by atoms with Crippen molar-refractivity contribution in [1.82, 2.24) is 4.90 Å². The van der Waals surface area contributed by atoms with Crippen molar-refractivity contribution in [3.63, 3.8) is 0 Å². The molecule has 2 atom stereocenters. The number of carbonyl (C=O) groups excluding carboxylic acids is 1. The number of hydrogen-bond acceptors (Lipinski definition) is 4. The zero-order valence-corrected chi connectivity index (χ0v) is 23.5. The van der Waals surface area contributed by atoms with E-state index in [9.17, 15) is 9.90 Å². The highest BCUT2D eigenvalue weighted by molar-refractivity contribution is 5.70. The van der Waals surface area contributed by atoms with Crippen molar-refractivity contribution < 1.29 is 19.4 Å². The first-order chi connectivity index (χ1) is 19.3. The molecule has 0 saturated carbocycles. The van der Waals surface area contributed by atoms with Gasteiger partial charge in [0.2, 0.25) is 0 Å². The zero-order chi connectivity index (χ0) is 28.4. The standard InChI is InChI=1S/C35H39NO4/c1-34(2,3)40-33(38)36-25-15-13-23-31(36)27-32(37)24-14-16-26-39-35(28-17-7-4-8-18-28,29-19-9-5-10-20-29)30-21-11-6-12-22-30/h4-15,17-25,31-32,37H,16,26-27H2,1-3H3/b24-14+/t31-,32+/m1/s1. The molecule has 0 aliphatic carbocycles. The Kier molecular flexibility index (Phi) is 9.75. The van der Waals surface area contributed by atoms with Crippen LogP contribution in [0.3, 0.4) is 0 Å². The Morgan fingerprint density at radius 3 is 1.90 bits per heavy atom. The Hall–Kier alpha value is -3.93. The number of benzene rings is 3. The molecule has 0 spiro atoms. The van der Waals surface area contributed by atoms with Crippen LogP contribution in [0.15, 0.2) is 128 Å². The molecule has 3 aromatic rings. The van der Waals surface area contributed by atoms with Gasteiger partial charge in [0, 0.05) is 12.6 Å². The van der Waals surface area contributed by atoms with E-state index in [2.05, 4.69) is 36.4 Å². The second-order valence-electron chi connectivity index (χ2n) is 10.8. The van der Waals surface area contributed by atoms with Gasteiger partial charge in [-0.2, -0.15) is 0 Å². The summed E-state index contributed by atoms with van der Waals surface area (Å²) in [6.45, 7) is 5.96. The number of rotatable bonds is 10. The summed E-state index contributed by atoms with van der Waals surface area (Å²) in [6, 6.07) is 30.5. The maximum Gasteiger partial charge on any atom is 0.414 e. The highest BCUT2D eigenvalue weighted by Gasteiger charge is 2.37. The van der Waals surface area contributed by atoms with E-state index in [4.69, 9.17) is 9.47 Å². The van der Waals surface area contributed by atoms with Gasteiger partial charge in [-0.05, 0) is 50.0 Å². The Bertz CT molecular complexity index is 1200. The van der Waals surface area contributed by atoms with Crippen molar-refractivity contribution in [3.8, 4) is 0 Å². The van der Waals surface area contributed by atoms with Crippen LogP contribution in [0.25, 0.3) is 0 Å². The van der Waals surface area contributed by atoms with Crippen LogP contribution in [0.4, 0.5) is 4.79 Å². The first-order valence-corrected chi connectivity index (χ1v) is 13.8. The van der Waals surface area contributed by atoms with Gasteiger partial charge in [-0.25, -0.2) is 4.79 Å². The van der Waals surface area contributed by atoms with E-state index in [-0.39, 0.29) is 6.04 Å². The molecule has 4 rings (SSSR count). The van der Waals surface area contributed by atoms with Crippen LogP contribution in [-0.2, 0) is 15.1 Å². The zero-order valence-electron chi connectivity index (χ0n) is 23.5. The Labute approximate surface area is 238 Å². The number of amides is 1. The first kappa shape index (κ1) is 29.1. The maximum absolute atomic E-state index is 12.7. The van der Waals surface area contributed by atoms with Gasteiger partial charge in [0.25, 0.3) is 0 Å². The number of nitrogens with zero attached hydrogens (tertiary/aromatic N) is 1. The minimum Gasteiger partial charge on any atom is -0.443 e. The third kappa shape index (κ3) is 7.38. The Morgan fingerprint density at radius 1 is 0.875 bits per heavy atom. The molecule has 1 amide bonds. The molecule has 5 heteroatoms. The lowest BCUT2D eigenvalue weighted by molar-refractivity contribution is 0.0156. The van der Waals surface area contributed by atoms with Crippen LogP contribution in [-0.4, -0.2) is 40.5 Å². The summed E-state index contributed by atoms with van der Waals surface area (Å²) in [5.74, 6) is 0. The molecule has 0 saturated heterocycles. The average molecular weight is 538 g/mol. The van der Waals surface area contributed by atoms with E-state index in [1.165, 1.54) is 4.90 Å².